The molecule has 0 radical (unpaired) electrons. The molecule has 0 saturated heterocycles. The number of nitrogens with zero attached hydrogens (tertiary/aromatic N) is 3. The highest BCUT2D eigenvalue weighted by molar-refractivity contribution is 7.99. The molecule has 0 spiro atoms. The number of aromatic nitrogens is 3. The number of carbonyl (C=O) groups excluding carboxylic acids is 1. The van der Waals surface area contributed by atoms with Crippen molar-refractivity contribution in [2.45, 2.75) is 24.5 Å². The van der Waals surface area contributed by atoms with Gasteiger partial charge in [-0.1, -0.05) is 78.0 Å². The average molecular weight is 427 g/mol. The van der Waals surface area contributed by atoms with Gasteiger partial charge in [-0.2, -0.15) is 0 Å². The van der Waals surface area contributed by atoms with Crippen LogP contribution in [0.2, 0.25) is 0 Å². The number of thioether (sulfide) groups is 1. The van der Waals surface area contributed by atoms with Crippen LogP contribution in [0.3, 0.4) is 0 Å². The van der Waals surface area contributed by atoms with Gasteiger partial charge in [-0.25, -0.2) is 0 Å². The van der Waals surface area contributed by atoms with Crippen LogP contribution in [-0.4, -0.2) is 26.4 Å². The van der Waals surface area contributed by atoms with Crippen LogP contribution >= 0.6 is 23.4 Å². The first-order chi connectivity index (χ1) is 13.9. The van der Waals surface area contributed by atoms with Gasteiger partial charge in [-0.15, -0.1) is 10.2 Å². The molecule has 7 heteroatoms. The maximum Gasteiger partial charge on any atom is 0.251 e. The summed E-state index contributed by atoms with van der Waals surface area (Å²) in [5.41, 5.74) is 2.83. The monoisotopic (exact) mass is 426 g/mol. The molecule has 1 N–H and O–H groups in total. The lowest BCUT2D eigenvalue weighted by atomic mass is 10.0. The fourth-order valence-electron chi connectivity index (χ4n) is 2.90. The first-order valence-corrected chi connectivity index (χ1v) is 10.6. The minimum atomic E-state index is -0.322. The second kappa shape index (κ2) is 9.76. The van der Waals surface area contributed by atoms with Crippen LogP contribution in [0.25, 0.3) is 0 Å². The zero-order valence-electron chi connectivity index (χ0n) is 16.4. The van der Waals surface area contributed by atoms with Gasteiger partial charge < -0.3 is 9.88 Å². The van der Waals surface area contributed by atoms with Crippen molar-refractivity contribution in [3.05, 3.63) is 88.7 Å². The molecule has 0 aliphatic rings. The molecule has 3 rings (SSSR count). The van der Waals surface area contributed by atoms with Crippen LogP contribution in [0.1, 0.15) is 33.4 Å². The van der Waals surface area contributed by atoms with E-state index in [0.717, 1.165) is 16.3 Å². The molecule has 0 aliphatic heterocycles. The molecule has 0 bridgehead atoms. The third kappa shape index (κ3) is 5.71. The molecule has 0 fully saturated rings. The molecule has 1 heterocycles. The number of nitrogens with one attached hydrogen (secondary N) is 1. The zero-order valence-corrected chi connectivity index (χ0v) is 18.0. The van der Waals surface area contributed by atoms with Crippen LogP contribution in [0.15, 0.2) is 71.4 Å². The lowest BCUT2D eigenvalue weighted by Gasteiger charge is -2.19. The fraction of sp³-hybridized carbons (Fsp3) is 0.227. The van der Waals surface area contributed by atoms with E-state index in [1.54, 1.807) is 0 Å². The van der Waals surface area contributed by atoms with E-state index < -0.39 is 0 Å². The second-order valence-corrected chi connectivity index (χ2v) is 8.26. The van der Waals surface area contributed by atoms with Gasteiger partial charge in [0.2, 0.25) is 0 Å². The number of aryl methyl sites for hydroxylation is 1. The first kappa shape index (κ1) is 21.1. The van der Waals surface area contributed by atoms with Crippen molar-refractivity contribution in [1.82, 2.24) is 20.1 Å². The summed E-state index contributed by atoms with van der Waals surface area (Å²) in [5, 5.41) is 13.0. The largest absolute Gasteiger partial charge is 0.342 e. The highest BCUT2D eigenvalue weighted by Crippen LogP contribution is 2.24. The SMILES string of the molecule is C=C(Cl)CSc1nnc(C(Cc2ccccc2)NC(=O)c2ccc(C)cc2)n1C. The Morgan fingerprint density at radius 3 is 2.52 bits per heavy atom. The number of benzene rings is 2. The first-order valence-electron chi connectivity index (χ1n) is 9.21. The van der Waals surface area contributed by atoms with Gasteiger partial charge in [0.25, 0.3) is 5.91 Å². The van der Waals surface area contributed by atoms with Gasteiger partial charge in [0.15, 0.2) is 11.0 Å². The summed E-state index contributed by atoms with van der Waals surface area (Å²) in [6.45, 7) is 5.70. The Kier molecular flexibility index (Phi) is 7.12. The molecule has 5 nitrogen and oxygen atoms in total. The summed E-state index contributed by atoms with van der Waals surface area (Å²) in [6, 6.07) is 17.2. The Morgan fingerprint density at radius 2 is 1.86 bits per heavy atom. The van der Waals surface area contributed by atoms with Crippen LogP contribution in [0.5, 0.6) is 0 Å². The number of halogens is 1. The molecule has 3 aromatic rings. The van der Waals surface area contributed by atoms with Gasteiger partial charge in [-0.05, 0) is 31.0 Å². The van der Waals surface area contributed by atoms with Gasteiger partial charge in [-0.3, -0.25) is 4.79 Å². The van der Waals surface area contributed by atoms with E-state index in [2.05, 4.69) is 22.1 Å². The Hall–Kier alpha value is -2.57. The molecular formula is C22H23ClN4OS. The fourth-order valence-corrected chi connectivity index (χ4v) is 3.74. The molecule has 1 aromatic heterocycles. The van der Waals surface area contributed by atoms with Crippen molar-refractivity contribution in [1.29, 1.82) is 0 Å². The molecule has 1 atom stereocenters. The van der Waals surface area contributed by atoms with Crippen molar-refractivity contribution in [2.75, 3.05) is 5.75 Å². The predicted octanol–water partition coefficient (Wildman–Crippen LogP) is 4.68. The van der Waals surface area contributed by atoms with Gasteiger partial charge >= 0.3 is 0 Å². The molecule has 29 heavy (non-hydrogen) atoms. The molecule has 1 unspecified atom stereocenters. The molecule has 0 saturated carbocycles. The van der Waals surface area contributed by atoms with E-state index in [4.69, 9.17) is 11.6 Å². The van der Waals surface area contributed by atoms with E-state index in [1.165, 1.54) is 11.8 Å². The van der Waals surface area contributed by atoms with Crippen molar-refractivity contribution in [3.63, 3.8) is 0 Å². The summed E-state index contributed by atoms with van der Waals surface area (Å²) >= 11 is 7.34. The van der Waals surface area contributed by atoms with Crippen molar-refractivity contribution >= 4 is 29.3 Å². The molecule has 2 aromatic carbocycles. The Bertz CT molecular complexity index is 986. The summed E-state index contributed by atoms with van der Waals surface area (Å²) < 4.78 is 1.90. The quantitative estimate of drug-likeness (QED) is 0.531. The maximum atomic E-state index is 12.9. The Balaban J connectivity index is 1.86. The molecular weight excluding hydrogens is 404 g/mol. The summed E-state index contributed by atoms with van der Waals surface area (Å²) in [5.74, 6) is 1.10. The normalized spacial score (nSPS) is 11.8. The van der Waals surface area contributed by atoms with Crippen LogP contribution in [0, 0.1) is 6.92 Å². The van der Waals surface area contributed by atoms with Gasteiger partial charge in [0, 0.05) is 23.4 Å². The van der Waals surface area contributed by atoms with Crippen LogP contribution in [0.4, 0.5) is 0 Å². The molecule has 150 valence electrons. The van der Waals surface area contributed by atoms with E-state index in [9.17, 15) is 4.79 Å². The Labute approximate surface area is 180 Å². The lowest BCUT2D eigenvalue weighted by Crippen LogP contribution is -2.31. The van der Waals surface area contributed by atoms with Crippen LogP contribution in [-0.2, 0) is 13.5 Å². The second-order valence-electron chi connectivity index (χ2n) is 6.79. The standard InChI is InChI=1S/C22H23ClN4OS/c1-15-9-11-18(12-10-15)21(28)24-19(13-17-7-5-4-6-8-17)20-25-26-22(27(20)3)29-14-16(2)23/h4-12,19H,2,13-14H2,1,3H3,(H,24,28). The summed E-state index contributed by atoms with van der Waals surface area (Å²) in [6.07, 6.45) is 0.608. The third-order valence-electron chi connectivity index (χ3n) is 4.44. The van der Waals surface area contributed by atoms with Crippen molar-refractivity contribution in [2.24, 2.45) is 7.05 Å². The molecule has 0 aliphatic carbocycles. The van der Waals surface area contributed by atoms with E-state index in [-0.39, 0.29) is 11.9 Å². The summed E-state index contributed by atoms with van der Waals surface area (Å²) in [4.78, 5) is 12.9. The van der Waals surface area contributed by atoms with Crippen LogP contribution < -0.4 is 5.32 Å². The number of hydrogen-bond donors (Lipinski definition) is 1. The predicted molar refractivity (Wildman–Crippen MR) is 118 cm³/mol. The van der Waals surface area contributed by atoms with E-state index in [0.29, 0.717) is 28.6 Å². The number of rotatable bonds is 8. The Morgan fingerprint density at radius 1 is 1.17 bits per heavy atom. The van der Waals surface area contributed by atoms with E-state index in [1.807, 2.05) is 73.1 Å². The van der Waals surface area contributed by atoms with Gasteiger partial charge in [0.1, 0.15) is 0 Å². The van der Waals surface area contributed by atoms with Crippen molar-refractivity contribution in [3.8, 4) is 0 Å². The topological polar surface area (TPSA) is 59.8 Å². The minimum absolute atomic E-state index is 0.141. The summed E-state index contributed by atoms with van der Waals surface area (Å²) in [7, 11) is 1.89. The smallest absolute Gasteiger partial charge is 0.251 e. The molecule has 1 amide bonds. The number of amides is 1. The average Bonchev–Trinajstić information content (AvgIpc) is 3.07. The van der Waals surface area contributed by atoms with Gasteiger partial charge in [0.05, 0.1) is 6.04 Å². The van der Waals surface area contributed by atoms with Crippen molar-refractivity contribution < 1.29 is 4.79 Å². The minimum Gasteiger partial charge on any atom is -0.342 e. The zero-order chi connectivity index (χ0) is 20.8. The highest BCUT2D eigenvalue weighted by atomic mass is 35.5. The van der Waals surface area contributed by atoms with E-state index >= 15 is 0 Å². The number of carbonyl (C=O) groups is 1. The maximum absolute atomic E-state index is 12.9. The lowest BCUT2D eigenvalue weighted by molar-refractivity contribution is 0.0934. The highest BCUT2D eigenvalue weighted by Gasteiger charge is 2.23. The number of hydrogen-bond acceptors (Lipinski definition) is 4. The third-order valence-corrected chi connectivity index (χ3v) is 5.84.